The number of hydrogen-bond acceptors (Lipinski definition) is 4. The first kappa shape index (κ1) is 13.6. The minimum absolute atomic E-state index is 0.00229. The zero-order valence-electron chi connectivity index (χ0n) is 9.39. The smallest absolute Gasteiger partial charge is 0.149 e. The first-order valence-electron chi connectivity index (χ1n) is 5.06. The summed E-state index contributed by atoms with van der Waals surface area (Å²) >= 11 is 5.84. The van der Waals surface area contributed by atoms with Crippen LogP contribution in [0.4, 0.5) is 0 Å². The molecular formula is C13H9ClN4. The minimum atomic E-state index is -0.710. The van der Waals surface area contributed by atoms with E-state index in [4.69, 9.17) is 33.1 Å². The average molecular weight is 257 g/mol. The summed E-state index contributed by atoms with van der Waals surface area (Å²) < 4.78 is 0. The predicted molar refractivity (Wildman–Crippen MR) is 66.7 cm³/mol. The second-order valence-corrected chi connectivity index (χ2v) is 4.01. The second-order valence-electron chi connectivity index (χ2n) is 3.57. The van der Waals surface area contributed by atoms with E-state index in [9.17, 15) is 0 Å². The molecule has 0 heterocycles. The van der Waals surface area contributed by atoms with Crippen LogP contribution in [0.5, 0.6) is 0 Å². The van der Waals surface area contributed by atoms with Crippen LogP contribution >= 0.6 is 11.6 Å². The lowest BCUT2D eigenvalue weighted by Crippen LogP contribution is -2.15. The highest BCUT2D eigenvalue weighted by Gasteiger charge is 2.16. The van der Waals surface area contributed by atoms with E-state index >= 15 is 0 Å². The zero-order chi connectivity index (χ0) is 13.5. The van der Waals surface area contributed by atoms with E-state index in [-0.39, 0.29) is 11.3 Å². The van der Waals surface area contributed by atoms with Crippen molar-refractivity contribution in [3.8, 4) is 18.2 Å². The molecule has 0 aliphatic carbocycles. The maximum absolute atomic E-state index is 9.05. The van der Waals surface area contributed by atoms with Crippen molar-refractivity contribution in [1.82, 2.24) is 0 Å². The summed E-state index contributed by atoms with van der Waals surface area (Å²) in [6, 6.07) is 12.4. The van der Waals surface area contributed by atoms with Gasteiger partial charge in [-0.2, -0.15) is 15.8 Å². The van der Waals surface area contributed by atoms with E-state index < -0.39 is 5.92 Å². The van der Waals surface area contributed by atoms with Gasteiger partial charge in [-0.15, -0.1) is 0 Å². The van der Waals surface area contributed by atoms with Crippen molar-refractivity contribution in [3.63, 3.8) is 0 Å². The monoisotopic (exact) mass is 256 g/mol. The number of nitrogens with zero attached hydrogens (tertiary/aromatic N) is 3. The highest BCUT2D eigenvalue weighted by atomic mass is 35.5. The third-order valence-electron chi connectivity index (χ3n) is 2.37. The maximum atomic E-state index is 9.05. The minimum Gasteiger partial charge on any atom is -0.399 e. The Balaban J connectivity index is 3.02. The van der Waals surface area contributed by atoms with Gasteiger partial charge < -0.3 is 5.73 Å². The third kappa shape index (κ3) is 3.25. The molecule has 18 heavy (non-hydrogen) atoms. The van der Waals surface area contributed by atoms with Crippen molar-refractivity contribution in [2.75, 3.05) is 0 Å². The molecule has 2 N–H and O–H groups in total. The fourth-order valence-corrected chi connectivity index (χ4v) is 1.67. The SMILES string of the molecule is N#CC(C#N)=C(N)[C@@H](C#N)Cc1cccc(Cl)c1. The molecule has 88 valence electrons. The second kappa shape index (κ2) is 6.30. The summed E-state index contributed by atoms with van der Waals surface area (Å²) in [5, 5.41) is 27.0. The van der Waals surface area contributed by atoms with Gasteiger partial charge in [-0.3, -0.25) is 0 Å². The van der Waals surface area contributed by atoms with Crippen LogP contribution in [0.2, 0.25) is 5.02 Å². The molecule has 0 unspecified atom stereocenters. The maximum Gasteiger partial charge on any atom is 0.149 e. The summed E-state index contributed by atoms with van der Waals surface area (Å²) in [5.41, 5.74) is 6.27. The van der Waals surface area contributed by atoms with Gasteiger partial charge in [0.2, 0.25) is 0 Å². The number of nitrogens with two attached hydrogens (primary N) is 1. The molecule has 0 amide bonds. The van der Waals surface area contributed by atoms with Gasteiger partial charge in [0.05, 0.1) is 17.7 Å². The fourth-order valence-electron chi connectivity index (χ4n) is 1.45. The average Bonchev–Trinajstić information content (AvgIpc) is 2.37. The Hall–Kier alpha value is -2.48. The van der Waals surface area contributed by atoms with E-state index in [1.165, 1.54) is 0 Å². The van der Waals surface area contributed by atoms with E-state index in [0.717, 1.165) is 5.56 Å². The molecular weight excluding hydrogens is 248 g/mol. The number of hydrogen-bond donors (Lipinski definition) is 1. The van der Waals surface area contributed by atoms with Gasteiger partial charge >= 0.3 is 0 Å². The van der Waals surface area contributed by atoms with Gasteiger partial charge in [0.15, 0.2) is 0 Å². The number of benzene rings is 1. The molecule has 0 fully saturated rings. The fraction of sp³-hybridized carbons (Fsp3) is 0.154. The quantitative estimate of drug-likeness (QED) is 0.839. The van der Waals surface area contributed by atoms with Crippen molar-refractivity contribution in [3.05, 3.63) is 46.1 Å². The molecule has 4 nitrogen and oxygen atoms in total. The van der Waals surface area contributed by atoms with Crippen LogP contribution in [0, 0.1) is 39.9 Å². The zero-order valence-corrected chi connectivity index (χ0v) is 10.1. The summed E-state index contributed by atoms with van der Waals surface area (Å²) in [7, 11) is 0. The summed E-state index contributed by atoms with van der Waals surface area (Å²) in [6.07, 6.45) is 0.315. The van der Waals surface area contributed by atoms with Crippen LogP contribution in [-0.4, -0.2) is 0 Å². The number of nitriles is 3. The third-order valence-corrected chi connectivity index (χ3v) is 2.61. The molecule has 0 bridgehead atoms. The Labute approximate surface area is 110 Å². The molecule has 0 aromatic heterocycles. The number of allylic oxidation sites excluding steroid dienone is 2. The molecule has 1 aromatic rings. The van der Waals surface area contributed by atoms with Crippen molar-refractivity contribution in [2.24, 2.45) is 11.7 Å². The van der Waals surface area contributed by atoms with Crippen molar-refractivity contribution in [1.29, 1.82) is 15.8 Å². The predicted octanol–water partition coefficient (Wildman–Crippen LogP) is 2.28. The summed E-state index contributed by atoms with van der Waals surface area (Å²) in [4.78, 5) is 0. The van der Waals surface area contributed by atoms with Crippen molar-refractivity contribution in [2.45, 2.75) is 6.42 Å². The number of rotatable bonds is 3. The van der Waals surface area contributed by atoms with Crippen molar-refractivity contribution >= 4 is 11.6 Å². The first-order valence-corrected chi connectivity index (χ1v) is 5.44. The largest absolute Gasteiger partial charge is 0.399 e. The number of halogens is 1. The van der Waals surface area contributed by atoms with Gasteiger partial charge in [-0.25, -0.2) is 0 Å². The van der Waals surface area contributed by atoms with E-state index in [0.29, 0.717) is 11.4 Å². The lowest BCUT2D eigenvalue weighted by Gasteiger charge is -2.09. The van der Waals surface area contributed by atoms with Gasteiger partial charge in [0.25, 0.3) is 0 Å². The molecule has 0 saturated carbocycles. The van der Waals surface area contributed by atoms with E-state index in [2.05, 4.69) is 0 Å². The Morgan fingerprint density at radius 3 is 2.44 bits per heavy atom. The van der Waals surface area contributed by atoms with Crippen LogP contribution < -0.4 is 5.73 Å². The Morgan fingerprint density at radius 1 is 1.28 bits per heavy atom. The van der Waals surface area contributed by atoms with Crippen LogP contribution in [0.1, 0.15) is 5.56 Å². The molecule has 0 saturated heterocycles. The van der Waals surface area contributed by atoms with Crippen molar-refractivity contribution < 1.29 is 0 Å². The van der Waals surface area contributed by atoms with Gasteiger partial charge in [0.1, 0.15) is 17.7 Å². The van der Waals surface area contributed by atoms with Crippen LogP contribution in [0.15, 0.2) is 35.5 Å². The molecule has 0 spiro atoms. The molecule has 0 aliphatic rings. The molecule has 1 rings (SSSR count). The Morgan fingerprint density at radius 2 is 1.94 bits per heavy atom. The van der Waals surface area contributed by atoms with E-state index in [1.807, 2.05) is 12.1 Å². The molecule has 0 radical (unpaired) electrons. The van der Waals surface area contributed by atoms with Crippen LogP contribution in [-0.2, 0) is 6.42 Å². The van der Waals surface area contributed by atoms with Crippen LogP contribution in [0.25, 0.3) is 0 Å². The van der Waals surface area contributed by atoms with Gasteiger partial charge in [-0.05, 0) is 24.1 Å². The van der Waals surface area contributed by atoms with E-state index in [1.54, 1.807) is 30.3 Å². The standard InChI is InChI=1S/C13H9ClN4/c14-12-3-1-2-9(5-12)4-10(6-15)13(18)11(7-16)8-17/h1-3,5,10H,4,18H2/t10-/m1/s1. The Bertz CT molecular complexity index is 583. The highest BCUT2D eigenvalue weighted by Crippen LogP contribution is 2.18. The normalized spacial score (nSPS) is 10.6. The molecule has 0 aliphatic heterocycles. The Kier molecular flexibility index (Phi) is 4.76. The summed E-state index contributed by atoms with van der Waals surface area (Å²) in [6.45, 7) is 0. The van der Waals surface area contributed by atoms with Gasteiger partial charge in [-0.1, -0.05) is 23.7 Å². The summed E-state index contributed by atoms with van der Waals surface area (Å²) in [5.74, 6) is -0.710. The first-order chi connectivity index (χ1) is 8.62. The molecule has 5 heteroatoms. The topological polar surface area (TPSA) is 97.4 Å². The van der Waals surface area contributed by atoms with Gasteiger partial charge in [0, 0.05) is 5.02 Å². The van der Waals surface area contributed by atoms with Crippen LogP contribution in [0.3, 0.4) is 0 Å². The molecule has 1 aromatic carbocycles. The lowest BCUT2D eigenvalue weighted by atomic mass is 9.95. The molecule has 1 atom stereocenters. The highest BCUT2D eigenvalue weighted by molar-refractivity contribution is 6.30. The lowest BCUT2D eigenvalue weighted by molar-refractivity contribution is 0.753.